The molecule has 0 saturated carbocycles. The molecular weight excluding hydrogens is 489 g/mol. The fraction of sp³-hybridized carbons (Fsp3) is 0.448. The Morgan fingerprint density at radius 2 is 2.08 bits per heavy atom. The summed E-state index contributed by atoms with van der Waals surface area (Å²) in [5, 5.41) is 12.0. The van der Waals surface area contributed by atoms with Crippen molar-refractivity contribution in [3.63, 3.8) is 0 Å². The number of benzene rings is 1. The molecule has 8 nitrogen and oxygen atoms in total. The molecule has 0 saturated heterocycles. The van der Waals surface area contributed by atoms with Crippen molar-refractivity contribution in [3.05, 3.63) is 61.7 Å². The van der Waals surface area contributed by atoms with E-state index in [1.165, 1.54) is 6.07 Å². The second kappa shape index (κ2) is 8.81. The van der Waals surface area contributed by atoms with Crippen LogP contribution in [-0.2, 0) is 39.5 Å². The van der Waals surface area contributed by atoms with E-state index in [0.29, 0.717) is 61.1 Å². The maximum atomic E-state index is 15.0. The van der Waals surface area contributed by atoms with Crippen LogP contribution in [0.5, 0.6) is 0 Å². The second-order valence-electron chi connectivity index (χ2n) is 10.7. The Balaban J connectivity index is 1.60. The summed E-state index contributed by atoms with van der Waals surface area (Å²) in [6.45, 7) is 3.91. The number of ketones is 1. The summed E-state index contributed by atoms with van der Waals surface area (Å²) < 4.78 is 21.7. The standard InChI is InChI=1S/C29H30FN3O5/c1-3-29(37)20-10-23-26-18(12-33(23)27(35)19(20)13-38-28(29)36)24-15(9-16(34)5-4-8-31)6-7-17-14(2)21(30)11-22(32-26)25(17)24/h10-11,15,37H,3-9,12-13,31H2,1-2H3/t15-,29+/m1/s1. The summed E-state index contributed by atoms with van der Waals surface area (Å²) in [4.78, 5) is 43.8. The van der Waals surface area contributed by atoms with Crippen LogP contribution >= 0.6 is 0 Å². The predicted molar refractivity (Wildman–Crippen MR) is 138 cm³/mol. The van der Waals surface area contributed by atoms with Crippen LogP contribution in [0.3, 0.4) is 0 Å². The number of ether oxygens (including phenoxy) is 1. The van der Waals surface area contributed by atoms with Crippen LogP contribution in [0.4, 0.5) is 4.39 Å². The molecule has 1 aliphatic carbocycles. The van der Waals surface area contributed by atoms with E-state index in [1.54, 1.807) is 24.5 Å². The quantitative estimate of drug-likeness (QED) is 0.375. The van der Waals surface area contributed by atoms with Gasteiger partial charge in [0.05, 0.1) is 29.0 Å². The number of nitrogens with two attached hydrogens (primary N) is 1. The Morgan fingerprint density at radius 1 is 1.29 bits per heavy atom. The van der Waals surface area contributed by atoms with Crippen molar-refractivity contribution in [2.45, 2.75) is 77.0 Å². The number of rotatable bonds is 6. The predicted octanol–water partition coefficient (Wildman–Crippen LogP) is 3.26. The molecule has 38 heavy (non-hydrogen) atoms. The Kier molecular flexibility index (Phi) is 5.77. The van der Waals surface area contributed by atoms with Crippen molar-refractivity contribution in [2.75, 3.05) is 6.54 Å². The maximum absolute atomic E-state index is 15.0. The lowest BCUT2D eigenvalue weighted by atomic mass is 9.76. The highest BCUT2D eigenvalue weighted by Gasteiger charge is 2.46. The summed E-state index contributed by atoms with van der Waals surface area (Å²) in [7, 11) is 0. The zero-order valence-electron chi connectivity index (χ0n) is 21.5. The molecule has 0 bridgehead atoms. The second-order valence-corrected chi connectivity index (χ2v) is 10.7. The van der Waals surface area contributed by atoms with Gasteiger partial charge in [0.1, 0.15) is 18.2 Å². The molecule has 198 valence electrons. The molecule has 3 N–H and O–H groups in total. The lowest BCUT2D eigenvalue weighted by Crippen LogP contribution is -2.44. The molecule has 0 unspecified atom stereocenters. The van der Waals surface area contributed by atoms with E-state index in [9.17, 15) is 23.9 Å². The molecule has 1 aromatic carbocycles. The fourth-order valence-corrected chi connectivity index (χ4v) is 6.53. The molecule has 0 radical (unpaired) electrons. The van der Waals surface area contributed by atoms with Gasteiger partial charge < -0.3 is 20.1 Å². The van der Waals surface area contributed by atoms with E-state index >= 15 is 0 Å². The van der Waals surface area contributed by atoms with Crippen LogP contribution in [-0.4, -0.2) is 33.0 Å². The topological polar surface area (TPSA) is 125 Å². The molecular formula is C29H30FN3O5. The van der Waals surface area contributed by atoms with E-state index in [4.69, 9.17) is 15.5 Å². The van der Waals surface area contributed by atoms with Crippen LogP contribution in [0.15, 0.2) is 16.9 Å². The van der Waals surface area contributed by atoms with Gasteiger partial charge in [0.2, 0.25) is 0 Å². The molecule has 0 amide bonds. The number of aryl methyl sites for hydroxylation is 1. The van der Waals surface area contributed by atoms with Gasteiger partial charge >= 0.3 is 5.97 Å². The number of halogens is 1. The smallest absolute Gasteiger partial charge is 0.343 e. The van der Waals surface area contributed by atoms with Gasteiger partial charge in [-0.2, -0.15) is 0 Å². The normalized spacial score (nSPS) is 21.2. The van der Waals surface area contributed by atoms with E-state index < -0.39 is 11.6 Å². The maximum Gasteiger partial charge on any atom is 0.343 e. The van der Waals surface area contributed by atoms with E-state index in [-0.39, 0.29) is 53.8 Å². The number of Topliss-reactive ketones (excluding diaryl/α,β-unsaturated/α-hetero) is 1. The molecule has 3 aliphatic rings. The molecule has 4 heterocycles. The van der Waals surface area contributed by atoms with Crippen molar-refractivity contribution in [1.29, 1.82) is 0 Å². The van der Waals surface area contributed by atoms with Gasteiger partial charge in [0.15, 0.2) is 5.60 Å². The zero-order chi connectivity index (χ0) is 26.9. The van der Waals surface area contributed by atoms with Crippen LogP contribution in [0.1, 0.15) is 78.3 Å². The average molecular weight is 520 g/mol. The van der Waals surface area contributed by atoms with Crippen molar-refractivity contribution in [2.24, 2.45) is 5.73 Å². The van der Waals surface area contributed by atoms with Gasteiger partial charge in [0.25, 0.3) is 5.56 Å². The summed E-state index contributed by atoms with van der Waals surface area (Å²) in [6.07, 6.45) is 2.77. The minimum absolute atomic E-state index is 0.0474. The van der Waals surface area contributed by atoms with Gasteiger partial charge in [-0.05, 0) is 67.8 Å². The van der Waals surface area contributed by atoms with Gasteiger partial charge in [-0.25, -0.2) is 14.2 Å². The molecule has 2 aromatic heterocycles. The molecule has 0 fully saturated rings. The van der Waals surface area contributed by atoms with Crippen molar-refractivity contribution >= 4 is 22.7 Å². The molecule has 2 atom stereocenters. The summed E-state index contributed by atoms with van der Waals surface area (Å²) in [5.41, 5.74) is 8.60. The molecule has 0 spiro atoms. The number of hydrogen-bond acceptors (Lipinski definition) is 7. The Hall–Kier alpha value is -3.43. The zero-order valence-corrected chi connectivity index (χ0v) is 21.5. The number of pyridine rings is 2. The van der Waals surface area contributed by atoms with Gasteiger partial charge in [-0.15, -0.1) is 0 Å². The van der Waals surface area contributed by atoms with Crippen LogP contribution in [0.2, 0.25) is 0 Å². The number of aliphatic hydroxyl groups is 1. The number of aromatic nitrogens is 2. The van der Waals surface area contributed by atoms with E-state index in [0.717, 1.165) is 22.1 Å². The third-order valence-electron chi connectivity index (χ3n) is 8.63. The number of nitrogens with zero attached hydrogens (tertiary/aromatic N) is 2. The first kappa shape index (κ1) is 24.9. The summed E-state index contributed by atoms with van der Waals surface area (Å²) in [6, 6.07) is 3.09. The monoisotopic (exact) mass is 519 g/mol. The lowest BCUT2D eigenvalue weighted by Gasteiger charge is -2.31. The average Bonchev–Trinajstić information content (AvgIpc) is 3.27. The minimum atomic E-state index is -1.93. The fourth-order valence-electron chi connectivity index (χ4n) is 6.53. The van der Waals surface area contributed by atoms with Crippen molar-refractivity contribution in [3.8, 4) is 11.4 Å². The van der Waals surface area contributed by atoms with Crippen LogP contribution in [0, 0.1) is 12.7 Å². The highest BCUT2D eigenvalue weighted by molar-refractivity contribution is 5.94. The number of carbonyl (C=O) groups is 2. The molecule has 9 heteroatoms. The molecule has 3 aromatic rings. The third kappa shape index (κ3) is 3.41. The summed E-state index contributed by atoms with van der Waals surface area (Å²) >= 11 is 0. The Bertz CT molecular complexity index is 1610. The summed E-state index contributed by atoms with van der Waals surface area (Å²) in [5.74, 6) is -1.08. The number of esters is 1. The SMILES string of the molecule is CC[C@@]1(O)C(=O)OCc2c1cc1n(c2=O)Cc2c-1nc1cc(F)c(C)c3c1c2[C@@H](CC(=O)CCCN)CC3. The van der Waals surface area contributed by atoms with Crippen LogP contribution < -0.4 is 11.3 Å². The van der Waals surface area contributed by atoms with E-state index in [2.05, 4.69) is 0 Å². The number of cyclic esters (lactones) is 1. The van der Waals surface area contributed by atoms with Crippen LogP contribution in [0.25, 0.3) is 22.3 Å². The van der Waals surface area contributed by atoms with Gasteiger partial charge in [-0.3, -0.25) is 9.59 Å². The largest absolute Gasteiger partial charge is 0.458 e. The molecule has 2 aliphatic heterocycles. The molecule has 6 rings (SSSR count). The van der Waals surface area contributed by atoms with Gasteiger partial charge in [0, 0.05) is 35.4 Å². The first-order chi connectivity index (χ1) is 18.2. The Labute approximate surface area is 218 Å². The third-order valence-corrected chi connectivity index (χ3v) is 8.63. The lowest BCUT2D eigenvalue weighted by molar-refractivity contribution is -0.172. The Morgan fingerprint density at radius 3 is 2.82 bits per heavy atom. The highest BCUT2D eigenvalue weighted by atomic mass is 19.1. The first-order valence-corrected chi connectivity index (χ1v) is 13.2. The number of hydrogen-bond donors (Lipinski definition) is 2. The highest BCUT2D eigenvalue weighted by Crippen LogP contribution is 2.47. The number of carbonyl (C=O) groups excluding carboxylic acids is 2. The van der Waals surface area contributed by atoms with Crippen molar-refractivity contribution in [1.82, 2.24) is 9.55 Å². The minimum Gasteiger partial charge on any atom is -0.458 e. The van der Waals surface area contributed by atoms with Crippen molar-refractivity contribution < 1.29 is 23.8 Å². The van der Waals surface area contributed by atoms with E-state index in [1.807, 2.05) is 0 Å². The number of fused-ring (bicyclic) bond motifs is 5. The first-order valence-electron chi connectivity index (χ1n) is 13.2. The van der Waals surface area contributed by atoms with Gasteiger partial charge in [-0.1, -0.05) is 6.92 Å².